The lowest BCUT2D eigenvalue weighted by molar-refractivity contribution is 0.0322. The van der Waals surface area contributed by atoms with Crippen molar-refractivity contribution in [2.75, 3.05) is 59.8 Å². The second-order valence-electron chi connectivity index (χ2n) is 8.52. The zero-order valence-electron chi connectivity index (χ0n) is 20.4. The van der Waals surface area contributed by atoms with Gasteiger partial charge in [-0.05, 0) is 54.1 Å². The predicted molar refractivity (Wildman–Crippen MR) is 140 cm³/mol. The fraction of sp³-hybridized carbons (Fsp3) is 0.321. The number of hydrogen-bond donors (Lipinski definition) is 1. The van der Waals surface area contributed by atoms with E-state index in [2.05, 4.69) is 15.1 Å². The molecule has 3 heterocycles. The Bertz CT molecular complexity index is 1210. The molecule has 188 valence electrons. The zero-order chi connectivity index (χ0) is 24.6. The summed E-state index contributed by atoms with van der Waals surface area (Å²) < 4.78 is 28.1. The van der Waals surface area contributed by atoms with Crippen LogP contribution in [0.2, 0.25) is 0 Å². The van der Waals surface area contributed by atoms with Gasteiger partial charge in [0.1, 0.15) is 31.3 Å². The van der Waals surface area contributed by atoms with Crippen LogP contribution in [0.5, 0.6) is 23.0 Å². The molecule has 1 aromatic heterocycles. The number of nitrogens with one attached hydrogen (secondary N) is 1. The fourth-order valence-electron chi connectivity index (χ4n) is 4.08. The van der Waals surface area contributed by atoms with E-state index in [4.69, 9.17) is 23.7 Å². The van der Waals surface area contributed by atoms with Crippen LogP contribution in [0.15, 0.2) is 42.5 Å². The number of benzene rings is 2. The van der Waals surface area contributed by atoms with Gasteiger partial charge in [0, 0.05) is 31.3 Å². The van der Waals surface area contributed by atoms with E-state index in [0.717, 1.165) is 78.4 Å². The maximum Gasteiger partial charge on any atom is 0.161 e. The van der Waals surface area contributed by atoms with E-state index in [1.54, 1.807) is 7.11 Å². The fourth-order valence-corrected chi connectivity index (χ4v) is 4.08. The van der Waals surface area contributed by atoms with Gasteiger partial charge in [-0.15, -0.1) is 0 Å². The molecule has 0 atom stereocenters. The number of methoxy groups -OCH3 is 1. The minimum absolute atomic E-state index is 0.575. The summed E-state index contributed by atoms with van der Waals surface area (Å²) in [5, 5.41) is 7.44. The van der Waals surface area contributed by atoms with Crippen LogP contribution in [-0.2, 0) is 4.74 Å². The highest BCUT2D eigenvalue weighted by atomic mass is 16.6. The average molecular weight is 490 g/mol. The van der Waals surface area contributed by atoms with Crippen molar-refractivity contribution in [3.63, 3.8) is 0 Å². The van der Waals surface area contributed by atoms with Gasteiger partial charge < -0.3 is 23.7 Å². The zero-order valence-corrected chi connectivity index (χ0v) is 20.4. The summed E-state index contributed by atoms with van der Waals surface area (Å²) in [7, 11) is 1.67. The second-order valence-corrected chi connectivity index (χ2v) is 8.52. The number of rotatable bonds is 9. The van der Waals surface area contributed by atoms with Crippen molar-refractivity contribution in [2.24, 2.45) is 0 Å². The second kappa shape index (κ2) is 11.8. The molecule has 0 unspecified atom stereocenters. The van der Waals surface area contributed by atoms with Crippen LogP contribution >= 0.6 is 0 Å². The first-order valence-corrected chi connectivity index (χ1v) is 12.2. The first-order chi connectivity index (χ1) is 17.8. The normalized spacial score (nSPS) is 16.0. The number of H-pyrrole nitrogens is 1. The van der Waals surface area contributed by atoms with Gasteiger partial charge in [-0.1, -0.05) is 12.1 Å². The molecule has 1 fully saturated rings. The molecule has 0 aliphatic carbocycles. The van der Waals surface area contributed by atoms with E-state index in [1.807, 2.05) is 66.8 Å². The molecule has 0 amide bonds. The SMILES string of the molecule is COc1cc(OCCN2CCOCC2)ccc1C=Cc1cc(/C=C/c2ccc3c(c2)OCCO3)[nH]n1. The molecule has 0 radical (unpaired) electrons. The summed E-state index contributed by atoms with van der Waals surface area (Å²) in [6, 6.07) is 13.8. The van der Waals surface area contributed by atoms with Gasteiger partial charge in [-0.2, -0.15) is 5.10 Å². The largest absolute Gasteiger partial charge is 0.496 e. The van der Waals surface area contributed by atoms with E-state index in [9.17, 15) is 0 Å². The van der Waals surface area contributed by atoms with Crippen LogP contribution < -0.4 is 18.9 Å². The van der Waals surface area contributed by atoms with Crippen molar-refractivity contribution in [1.82, 2.24) is 15.1 Å². The van der Waals surface area contributed by atoms with E-state index >= 15 is 0 Å². The summed E-state index contributed by atoms with van der Waals surface area (Å²) >= 11 is 0. The van der Waals surface area contributed by atoms with Gasteiger partial charge in [0.05, 0.1) is 31.7 Å². The van der Waals surface area contributed by atoms with E-state index in [0.29, 0.717) is 19.8 Å². The Kier molecular flexibility index (Phi) is 7.85. The topological polar surface area (TPSA) is 78.1 Å². The molecule has 0 bridgehead atoms. The van der Waals surface area contributed by atoms with Crippen molar-refractivity contribution in [3.8, 4) is 23.0 Å². The highest BCUT2D eigenvalue weighted by Crippen LogP contribution is 2.31. The third kappa shape index (κ3) is 6.27. The smallest absolute Gasteiger partial charge is 0.161 e. The van der Waals surface area contributed by atoms with E-state index in [1.165, 1.54) is 0 Å². The molecule has 2 aliphatic heterocycles. The molecule has 2 aliphatic rings. The highest BCUT2D eigenvalue weighted by molar-refractivity contribution is 5.74. The summed E-state index contributed by atoms with van der Waals surface area (Å²) in [6.07, 6.45) is 7.94. The van der Waals surface area contributed by atoms with Crippen molar-refractivity contribution in [3.05, 3.63) is 65.0 Å². The highest BCUT2D eigenvalue weighted by Gasteiger charge is 2.11. The van der Waals surface area contributed by atoms with Crippen molar-refractivity contribution < 1.29 is 23.7 Å². The number of aromatic nitrogens is 2. The van der Waals surface area contributed by atoms with Gasteiger partial charge in [0.2, 0.25) is 0 Å². The monoisotopic (exact) mass is 489 g/mol. The maximum absolute atomic E-state index is 5.94. The molecular formula is C28H31N3O5. The first-order valence-electron chi connectivity index (χ1n) is 12.2. The standard InChI is InChI=1S/C28H31N3O5/c1-32-27-20-25(34-15-12-31-10-13-33-14-11-31)8-5-22(27)4-7-24-19-23(29-30-24)6-2-21-3-9-26-28(18-21)36-17-16-35-26/h2-9,18-20H,10-17H2,1H3,(H,29,30)/b6-2+,7-4?. The predicted octanol–water partition coefficient (Wildman–Crippen LogP) is 4.24. The Balaban J connectivity index is 1.17. The summed E-state index contributed by atoms with van der Waals surface area (Å²) in [5.41, 5.74) is 3.71. The van der Waals surface area contributed by atoms with E-state index in [-0.39, 0.29) is 0 Å². The van der Waals surface area contributed by atoms with Crippen LogP contribution in [-0.4, -0.2) is 74.9 Å². The van der Waals surface area contributed by atoms with Crippen LogP contribution in [0.25, 0.3) is 24.3 Å². The van der Waals surface area contributed by atoms with Gasteiger partial charge in [-0.25, -0.2) is 0 Å². The average Bonchev–Trinajstić information content (AvgIpc) is 3.39. The van der Waals surface area contributed by atoms with Crippen LogP contribution in [0.1, 0.15) is 22.5 Å². The molecule has 8 nitrogen and oxygen atoms in total. The number of nitrogens with zero attached hydrogens (tertiary/aromatic N) is 2. The Labute approximate surface area is 211 Å². The summed E-state index contributed by atoms with van der Waals surface area (Å²) in [5.74, 6) is 3.11. The van der Waals surface area contributed by atoms with Crippen molar-refractivity contribution in [2.45, 2.75) is 0 Å². The third-order valence-electron chi connectivity index (χ3n) is 6.06. The Morgan fingerprint density at radius 3 is 2.64 bits per heavy atom. The summed E-state index contributed by atoms with van der Waals surface area (Å²) in [6.45, 7) is 6.19. The molecule has 8 heteroatoms. The molecule has 1 saturated heterocycles. The lowest BCUT2D eigenvalue weighted by Crippen LogP contribution is -2.38. The van der Waals surface area contributed by atoms with Gasteiger partial charge in [-0.3, -0.25) is 10.00 Å². The molecule has 5 rings (SSSR count). The number of aromatic amines is 1. The Morgan fingerprint density at radius 2 is 1.78 bits per heavy atom. The number of morpholine rings is 1. The molecule has 2 aromatic carbocycles. The molecule has 0 spiro atoms. The van der Waals surface area contributed by atoms with Crippen LogP contribution in [0.4, 0.5) is 0 Å². The Morgan fingerprint density at radius 1 is 0.917 bits per heavy atom. The molecule has 0 saturated carbocycles. The minimum Gasteiger partial charge on any atom is -0.496 e. The number of hydrogen-bond acceptors (Lipinski definition) is 7. The van der Waals surface area contributed by atoms with Gasteiger partial charge in [0.25, 0.3) is 0 Å². The third-order valence-corrected chi connectivity index (χ3v) is 6.06. The Hall–Kier alpha value is -3.75. The number of ether oxygens (including phenoxy) is 5. The lowest BCUT2D eigenvalue weighted by atomic mass is 10.1. The molecule has 3 aromatic rings. The van der Waals surface area contributed by atoms with Crippen molar-refractivity contribution >= 4 is 24.3 Å². The molecule has 1 N–H and O–H groups in total. The van der Waals surface area contributed by atoms with Crippen molar-refractivity contribution in [1.29, 1.82) is 0 Å². The van der Waals surface area contributed by atoms with E-state index < -0.39 is 0 Å². The maximum atomic E-state index is 5.94. The molecule has 36 heavy (non-hydrogen) atoms. The van der Waals surface area contributed by atoms with Gasteiger partial charge >= 0.3 is 0 Å². The minimum atomic E-state index is 0.575. The van der Waals surface area contributed by atoms with Crippen LogP contribution in [0.3, 0.4) is 0 Å². The first kappa shape index (κ1) is 24.0. The van der Waals surface area contributed by atoms with Gasteiger partial charge in [0.15, 0.2) is 11.5 Å². The van der Waals surface area contributed by atoms with Crippen LogP contribution in [0, 0.1) is 0 Å². The number of fused-ring (bicyclic) bond motifs is 1. The summed E-state index contributed by atoms with van der Waals surface area (Å²) in [4.78, 5) is 2.35. The quantitative estimate of drug-likeness (QED) is 0.482. The molecular weight excluding hydrogens is 458 g/mol. The lowest BCUT2D eigenvalue weighted by Gasteiger charge is -2.26.